The van der Waals surface area contributed by atoms with Crippen molar-refractivity contribution in [2.24, 2.45) is 11.8 Å². The van der Waals surface area contributed by atoms with Crippen molar-refractivity contribution in [3.63, 3.8) is 0 Å². The van der Waals surface area contributed by atoms with E-state index in [1.165, 1.54) is 82.3 Å². The van der Waals surface area contributed by atoms with Crippen LogP contribution in [0.2, 0.25) is 0 Å². The number of fused-ring (bicyclic) bond motifs is 1. The predicted octanol–water partition coefficient (Wildman–Crippen LogP) is 9.32. The summed E-state index contributed by atoms with van der Waals surface area (Å²) in [5.41, 5.74) is 1.15. The van der Waals surface area contributed by atoms with Crippen molar-refractivity contribution in [3.8, 4) is 0 Å². The molecule has 164 valence electrons. The first-order chi connectivity index (χ1) is 14.6. The molecule has 0 atom stereocenters. The molecule has 1 aliphatic carbocycles. The third-order valence-electron chi connectivity index (χ3n) is 6.84. The van der Waals surface area contributed by atoms with Gasteiger partial charge in [0.25, 0.3) is 6.08 Å². The minimum Gasteiger partial charge on any atom is -0.206 e. The summed E-state index contributed by atoms with van der Waals surface area (Å²) in [6, 6.07) is 8.88. The van der Waals surface area contributed by atoms with E-state index in [-0.39, 0.29) is 5.56 Å². The Morgan fingerprint density at radius 1 is 0.900 bits per heavy atom. The van der Waals surface area contributed by atoms with Crippen LogP contribution in [-0.2, 0) is 6.42 Å². The van der Waals surface area contributed by atoms with E-state index in [1.54, 1.807) is 12.1 Å². The fraction of sp³-hybridized carbons (Fsp3) is 0.556. The number of aryl methyl sites for hydroxylation is 1. The molecule has 0 aromatic heterocycles. The van der Waals surface area contributed by atoms with Gasteiger partial charge in [-0.15, -0.1) is 0 Å². The Balaban J connectivity index is 1.47. The van der Waals surface area contributed by atoms with E-state index in [4.69, 9.17) is 0 Å². The van der Waals surface area contributed by atoms with Gasteiger partial charge >= 0.3 is 0 Å². The molecule has 0 saturated heterocycles. The summed E-state index contributed by atoms with van der Waals surface area (Å²) in [6.07, 6.45) is 14.6. The second-order valence-corrected chi connectivity index (χ2v) is 9.09. The first kappa shape index (κ1) is 22.9. The largest absolute Gasteiger partial charge is 0.271 e. The molecular formula is C27H35F3. The van der Waals surface area contributed by atoms with Gasteiger partial charge in [0.15, 0.2) is 0 Å². The van der Waals surface area contributed by atoms with Crippen LogP contribution in [0.3, 0.4) is 0 Å². The molecule has 3 rings (SSSR count). The normalized spacial score (nSPS) is 19.2. The van der Waals surface area contributed by atoms with E-state index in [2.05, 4.69) is 6.92 Å². The molecule has 0 unspecified atom stereocenters. The lowest BCUT2D eigenvalue weighted by Gasteiger charge is -2.28. The maximum atomic E-state index is 14.4. The Morgan fingerprint density at radius 2 is 1.60 bits per heavy atom. The van der Waals surface area contributed by atoms with E-state index >= 15 is 0 Å². The fourth-order valence-electron chi connectivity index (χ4n) is 4.96. The first-order valence-electron chi connectivity index (χ1n) is 11.8. The summed E-state index contributed by atoms with van der Waals surface area (Å²) >= 11 is 0. The van der Waals surface area contributed by atoms with Gasteiger partial charge in [0.1, 0.15) is 5.82 Å². The van der Waals surface area contributed by atoms with Gasteiger partial charge in [-0.1, -0.05) is 101 Å². The minimum atomic E-state index is -1.88. The van der Waals surface area contributed by atoms with Gasteiger partial charge in [0, 0.05) is 17.0 Å². The van der Waals surface area contributed by atoms with E-state index < -0.39 is 11.9 Å². The van der Waals surface area contributed by atoms with Crippen molar-refractivity contribution in [2.45, 2.75) is 84.0 Å². The third-order valence-corrected chi connectivity index (χ3v) is 6.84. The zero-order valence-corrected chi connectivity index (χ0v) is 18.2. The van der Waals surface area contributed by atoms with Crippen molar-refractivity contribution in [1.29, 1.82) is 0 Å². The lowest BCUT2D eigenvalue weighted by molar-refractivity contribution is 0.249. The summed E-state index contributed by atoms with van der Waals surface area (Å²) in [6.45, 7) is 2.27. The average molecular weight is 417 g/mol. The van der Waals surface area contributed by atoms with Crippen LogP contribution in [0.5, 0.6) is 0 Å². The highest BCUT2D eigenvalue weighted by atomic mass is 19.3. The fourth-order valence-corrected chi connectivity index (χ4v) is 4.96. The summed E-state index contributed by atoms with van der Waals surface area (Å²) < 4.78 is 39.4. The number of halogens is 3. The SMILES string of the molecule is CCCCCCCC1CCC(CCc2ccc3c(F)c(C=C(F)F)ccc3c2)CC1. The van der Waals surface area contributed by atoms with E-state index in [9.17, 15) is 13.2 Å². The quantitative estimate of drug-likeness (QED) is 0.338. The Morgan fingerprint density at radius 3 is 2.30 bits per heavy atom. The highest BCUT2D eigenvalue weighted by Gasteiger charge is 2.20. The van der Waals surface area contributed by atoms with Gasteiger partial charge in [0.05, 0.1) is 0 Å². The van der Waals surface area contributed by atoms with Crippen LogP contribution < -0.4 is 0 Å². The van der Waals surface area contributed by atoms with Crippen LogP contribution >= 0.6 is 0 Å². The monoisotopic (exact) mass is 416 g/mol. The Labute approximate surface area is 179 Å². The topological polar surface area (TPSA) is 0 Å². The van der Waals surface area contributed by atoms with Crippen LogP contribution in [0.4, 0.5) is 13.2 Å². The zero-order valence-electron chi connectivity index (χ0n) is 18.2. The molecule has 0 radical (unpaired) electrons. The van der Waals surface area contributed by atoms with Crippen molar-refractivity contribution >= 4 is 16.8 Å². The zero-order chi connectivity index (χ0) is 21.3. The minimum absolute atomic E-state index is 0.0580. The molecule has 30 heavy (non-hydrogen) atoms. The second kappa shape index (κ2) is 11.6. The molecule has 1 saturated carbocycles. The third kappa shape index (κ3) is 6.62. The molecule has 1 aliphatic rings. The van der Waals surface area contributed by atoms with Crippen LogP contribution in [0.1, 0.15) is 88.7 Å². The van der Waals surface area contributed by atoms with Crippen molar-refractivity contribution in [3.05, 3.63) is 53.4 Å². The van der Waals surface area contributed by atoms with E-state index in [1.807, 2.05) is 12.1 Å². The predicted molar refractivity (Wildman–Crippen MR) is 121 cm³/mol. The number of unbranched alkanes of at least 4 members (excludes halogenated alkanes) is 4. The molecular weight excluding hydrogens is 381 g/mol. The van der Waals surface area contributed by atoms with Crippen LogP contribution in [0.15, 0.2) is 36.4 Å². The summed E-state index contributed by atoms with van der Waals surface area (Å²) in [5, 5.41) is 1.20. The highest BCUT2D eigenvalue weighted by molar-refractivity contribution is 5.86. The Kier molecular flexibility index (Phi) is 8.84. The maximum absolute atomic E-state index is 14.4. The molecule has 0 amide bonds. The van der Waals surface area contributed by atoms with Crippen molar-refractivity contribution in [2.75, 3.05) is 0 Å². The van der Waals surface area contributed by atoms with Gasteiger partial charge in [-0.3, -0.25) is 0 Å². The first-order valence-corrected chi connectivity index (χ1v) is 11.8. The molecule has 0 aliphatic heterocycles. The average Bonchev–Trinajstić information content (AvgIpc) is 2.75. The molecule has 0 spiro atoms. The lowest BCUT2D eigenvalue weighted by Crippen LogP contribution is -2.15. The van der Waals surface area contributed by atoms with Gasteiger partial charge < -0.3 is 0 Å². The van der Waals surface area contributed by atoms with Gasteiger partial charge in [-0.25, -0.2) is 4.39 Å². The molecule has 0 N–H and O–H groups in total. The van der Waals surface area contributed by atoms with Gasteiger partial charge in [-0.2, -0.15) is 8.78 Å². The van der Waals surface area contributed by atoms with Crippen molar-refractivity contribution in [1.82, 2.24) is 0 Å². The molecule has 3 heteroatoms. The van der Waals surface area contributed by atoms with Crippen LogP contribution in [0, 0.1) is 17.7 Å². The summed E-state index contributed by atoms with van der Waals surface area (Å²) in [7, 11) is 0. The van der Waals surface area contributed by atoms with E-state index in [0.717, 1.165) is 23.6 Å². The Hall–Kier alpha value is -1.77. The summed E-state index contributed by atoms with van der Waals surface area (Å²) in [4.78, 5) is 0. The lowest BCUT2D eigenvalue weighted by atomic mass is 9.77. The van der Waals surface area contributed by atoms with Crippen molar-refractivity contribution < 1.29 is 13.2 Å². The molecule has 0 bridgehead atoms. The number of benzene rings is 2. The number of hydrogen-bond acceptors (Lipinski definition) is 0. The molecule has 2 aromatic rings. The molecule has 0 nitrogen and oxygen atoms in total. The van der Waals surface area contributed by atoms with Crippen LogP contribution in [0.25, 0.3) is 16.8 Å². The molecule has 2 aromatic carbocycles. The number of hydrogen-bond donors (Lipinski definition) is 0. The Bertz CT molecular complexity index is 827. The standard InChI is InChI=1S/C27H35F3/c1-2-3-4-5-6-7-20-8-10-21(11-9-20)12-13-22-14-17-25-23(18-22)15-16-24(27(25)30)19-26(28)29/h14-21H,2-13H2,1H3. The van der Waals surface area contributed by atoms with E-state index in [0.29, 0.717) is 11.5 Å². The molecule has 1 fully saturated rings. The van der Waals surface area contributed by atoms with Gasteiger partial charge in [0.2, 0.25) is 0 Å². The number of rotatable bonds is 10. The molecule has 0 heterocycles. The van der Waals surface area contributed by atoms with Crippen LogP contribution in [-0.4, -0.2) is 0 Å². The highest BCUT2D eigenvalue weighted by Crippen LogP contribution is 2.34. The maximum Gasteiger partial charge on any atom is 0.271 e. The second-order valence-electron chi connectivity index (χ2n) is 9.09. The van der Waals surface area contributed by atoms with Gasteiger partial charge in [-0.05, 0) is 35.6 Å². The smallest absolute Gasteiger partial charge is 0.206 e. The summed E-state index contributed by atoms with van der Waals surface area (Å²) in [5.74, 6) is 1.16.